The molecule has 4 heteroatoms. The summed E-state index contributed by atoms with van der Waals surface area (Å²) in [5, 5.41) is 5.06. The van der Waals surface area contributed by atoms with Crippen LogP contribution in [0.25, 0.3) is 5.69 Å². The predicted octanol–water partition coefficient (Wildman–Crippen LogP) is 4.84. The molecule has 150 valence electrons. The maximum absolute atomic E-state index is 5.06. The Labute approximate surface area is 169 Å². The minimum absolute atomic E-state index is 0.668. The zero-order valence-electron chi connectivity index (χ0n) is 17.3. The molecule has 1 saturated carbocycles. The van der Waals surface area contributed by atoms with E-state index in [0.717, 1.165) is 12.0 Å². The van der Waals surface area contributed by atoms with Crippen LogP contribution in [0.15, 0.2) is 36.5 Å². The van der Waals surface area contributed by atoms with E-state index in [1.54, 1.807) is 0 Å². The van der Waals surface area contributed by atoms with Crippen LogP contribution in [0.2, 0.25) is 0 Å². The van der Waals surface area contributed by atoms with Crippen LogP contribution in [0, 0.1) is 5.92 Å². The molecule has 0 N–H and O–H groups in total. The smallest absolute Gasteiger partial charge is 0.0893 e. The number of benzene rings is 1. The number of para-hydroxylation sites is 1. The third-order valence-electron chi connectivity index (χ3n) is 7.51. The van der Waals surface area contributed by atoms with Gasteiger partial charge in [0.15, 0.2) is 0 Å². The zero-order valence-corrected chi connectivity index (χ0v) is 17.3. The van der Waals surface area contributed by atoms with E-state index in [9.17, 15) is 0 Å². The quantitative estimate of drug-likeness (QED) is 0.744. The minimum atomic E-state index is 0.668. The van der Waals surface area contributed by atoms with E-state index >= 15 is 0 Å². The van der Waals surface area contributed by atoms with Crippen LogP contribution in [-0.4, -0.2) is 46.9 Å². The molecule has 3 aliphatic rings. The molecule has 2 aromatic rings. The van der Waals surface area contributed by atoms with E-state index in [-0.39, 0.29) is 0 Å². The fourth-order valence-electron chi connectivity index (χ4n) is 5.38. The molecule has 2 saturated heterocycles. The Morgan fingerprint density at radius 1 is 0.893 bits per heavy atom. The van der Waals surface area contributed by atoms with E-state index < -0.39 is 0 Å². The first kappa shape index (κ1) is 18.2. The molecule has 0 spiro atoms. The Balaban J connectivity index is 1.32. The lowest BCUT2D eigenvalue weighted by molar-refractivity contribution is 0.167. The monoisotopic (exact) mass is 378 g/mol. The summed E-state index contributed by atoms with van der Waals surface area (Å²) in [6.07, 6.45) is 11.7. The molecule has 1 atom stereocenters. The largest absolute Gasteiger partial charge is 0.369 e. The normalized spacial score (nSPS) is 23.1. The number of anilines is 1. The summed E-state index contributed by atoms with van der Waals surface area (Å²) in [5.41, 5.74) is 3.92. The topological polar surface area (TPSA) is 24.3 Å². The van der Waals surface area contributed by atoms with Crippen molar-refractivity contribution < 1.29 is 0 Å². The van der Waals surface area contributed by atoms with Crippen LogP contribution in [0.5, 0.6) is 0 Å². The van der Waals surface area contributed by atoms with Crippen LogP contribution < -0.4 is 4.90 Å². The molecule has 2 aliphatic heterocycles. The second-order valence-electron chi connectivity index (χ2n) is 9.12. The average molecular weight is 379 g/mol. The average Bonchev–Trinajstić information content (AvgIpc) is 3.38. The van der Waals surface area contributed by atoms with E-state index in [1.165, 1.54) is 88.2 Å². The van der Waals surface area contributed by atoms with Crippen molar-refractivity contribution in [3.63, 3.8) is 0 Å². The van der Waals surface area contributed by atoms with Crippen molar-refractivity contribution >= 4 is 5.69 Å². The Kier molecular flexibility index (Phi) is 5.15. The second kappa shape index (κ2) is 7.90. The van der Waals surface area contributed by atoms with Crippen LogP contribution in [0.3, 0.4) is 0 Å². The number of rotatable bonds is 5. The van der Waals surface area contributed by atoms with Gasteiger partial charge >= 0.3 is 0 Å². The Hall–Kier alpha value is -1.81. The molecule has 1 unspecified atom stereocenters. The maximum atomic E-state index is 5.06. The summed E-state index contributed by atoms with van der Waals surface area (Å²) in [6, 6.07) is 11.3. The highest BCUT2D eigenvalue weighted by Crippen LogP contribution is 2.41. The van der Waals surface area contributed by atoms with Crippen molar-refractivity contribution in [3.8, 4) is 5.69 Å². The molecule has 4 nitrogen and oxygen atoms in total. The van der Waals surface area contributed by atoms with Crippen molar-refractivity contribution in [3.05, 3.63) is 42.2 Å². The van der Waals surface area contributed by atoms with Gasteiger partial charge in [0.25, 0.3) is 0 Å². The van der Waals surface area contributed by atoms with Gasteiger partial charge in [-0.25, -0.2) is 4.68 Å². The maximum Gasteiger partial charge on any atom is 0.0893 e. The number of nitrogens with zero attached hydrogens (tertiary/aromatic N) is 4. The van der Waals surface area contributed by atoms with Crippen molar-refractivity contribution in [2.75, 3.05) is 31.1 Å². The molecule has 3 fully saturated rings. The van der Waals surface area contributed by atoms with Gasteiger partial charge in [-0.2, -0.15) is 5.10 Å². The molecule has 5 rings (SSSR count). The van der Waals surface area contributed by atoms with Gasteiger partial charge in [0.05, 0.1) is 23.3 Å². The highest BCUT2D eigenvalue weighted by Gasteiger charge is 2.32. The van der Waals surface area contributed by atoms with Crippen LogP contribution in [0.1, 0.15) is 63.5 Å². The lowest BCUT2D eigenvalue weighted by Crippen LogP contribution is -2.43. The molecular weight excluding hydrogens is 344 g/mol. The number of piperidine rings is 1. The molecule has 28 heavy (non-hydrogen) atoms. The van der Waals surface area contributed by atoms with Gasteiger partial charge in [-0.05, 0) is 76.6 Å². The SMILES string of the molecule is CC(C1CCN(c2cn(-c3ccccc3)nc2C2CCC2)CC1)N1CCCC1. The minimum Gasteiger partial charge on any atom is -0.369 e. The predicted molar refractivity (Wildman–Crippen MR) is 115 cm³/mol. The first-order chi connectivity index (χ1) is 13.8. The number of likely N-dealkylation sites (tertiary alicyclic amines) is 1. The number of aromatic nitrogens is 2. The fourth-order valence-corrected chi connectivity index (χ4v) is 5.38. The Morgan fingerprint density at radius 2 is 1.61 bits per heavy atom. The molecule has 0 bridgehead atoms. The summed E-state index contributed by atoms with van der Waals surface area (Å²) in [4.78, 5) is 5.36. The molecule has 1 aliphatic carbocycles. The second-order valence-corrected chi connectivity index (χ2v) is 9.12. The highest BCUT2D eigenvalue weighted by molar-refractivity contribution is 5.53. The van der Waals surface area contributed by atoms with Gasteiger partial charge in [0.2, 0.25) is 0 Å². The molecule has 1 aromatic carbocycles. The number of hydrogen-bond donors (Lipinski definition) is 0. The molecule has 0 amide bonds. The zero-order chi connectivity index (χ0) is 18.9. The van der Waals surface area contributed by atoms with Crippen molar-refractivity contribution in [1.29, 1.82) is 0 Å². The van der Waals surface area contributed by atoms with E-state index in [4.69, 9.17) is 5.10 Å². The first-order valence-electron chi connectivity index (χ1n) is 11.4. The van der Waals surface area contributed by atoms with E-state index in [0.29, 0.717) is 5.92 Å². The lowest BCUT2D eigenvalue weighted by atomic mass is 9.82. The summed E-state index contributed by atoms with van der Waals surface area (Å²) in [7, 11) is 0. The third-order valence-corrected chi connectivity index (χ3v) is 7.51. The highest BCUT2D eigenvalue weighted by atomic mass is 15.3. The Morgan fingerprint density at radius 3 is 2.25 bits per heavy atom. The van der Waals surface area contributed by atoms with E-state index in [1.807, 2.05) is 0 Å². The van der Waals surface area contributed by atoms with E-state index in [2.05, 4.69) is 57.9 Å². The van der Waals surface area contributed by atoms with Crippen molar-refractivity contribution in [2.45, 2.75) is 63.8 Å². The summed E-state index contributed by atoms with van der Waals surface area (Å²) >= 11 is 0. The fraction of sp³-hybridized carbons (Fsp3) is 0.625. The van der Waals surface area contributed by atoms with Gasteiger partial charge < -0.3 is 9.80 Å². The standard InChI is InChI=1S/C24H34N4/c1-19(26-14-5-6-15-26)20-12-16-27(17-13-20)23-18-28(22-10-3-2-4-11-22)25-24(23)21-8-7-9-21/h2-4,10-11,18-21H,5-9,12-17H2,1H3. The summed E-state index contributed by atoms with van der Waals surface area (Å²) < 4.78 is 2.11. The molecular formula is C24H34N4. The van der Waals surface area contributed by atoms with Crippen LogP contribution >= 0.6 is 0 Å². The number of hydrogen-bond acceptors (Lipinski definition) is 3. The Bertz CT molecular complexity index is 765. The molecule has 0 radical (unpaired) electrons. The van der Waals surface area contributed by atoms with Gasteiger partial charge in [0.1, 0.15) is 0 Å². The van der Waals surface area contributed by atoms with Gasteiger partial charge in [-0.15, -0.1) is 0 Å². The van der Waals surface area contributed by atoms with Gasteiger partial charge in [-0.3, -0.25) is 0 Å². The molecule has 3 heterocycles. The third kappa shape index (κ3) is 3.47. The lowest BCUT2D eigenvalue weighted by Gasteiger charge is -2.39. The van der Waals surface area contributed by atoms with Gasteiger partial charge in [0, 0.05) is 25.0 Å². The van der Waals surface area contributed by atoms with Crippen molar-refractivity contribution in [2.24, 2.45) is 5.92 Å². The van der Waals surface area contributed by atoms with Crippen LogP contribution in [-0.2, 0) is 0 Å². The molecule has 1 aromatic heterocycles. The summed E-state index contributed by atoms with van der Waals surface area (Å²) in [6.45, 7) is 7.47. The van der Waals surface area contributed by atoms with Gasteiger partial charge in [-0.1, -0.05) is 24.6 Å². The van der Waals surface area contributed by atoms with Crippen LogP contribution in [0.4, 0.5) is 5.69 Å². The van der Waals surface area contributed by atoms with Crippen molar-refractivity contribution in [1.82, 2.24) is 14.7 Å². The summed E-state index contributed by atoms with van der Waals surface area (Å²) in [5.74, 6) is 1.52. The first-order valence-corrected chi connectivity index (χ1v) is 11.4.